The summed E-state index contributed by atoms with van der Waals surface area (Å²) in [5.74, 6) is 0.825. The lowest BCUT2D eigenvalue weighted by atomic mass is 10.1. The van der Waals surface area contributed by atoms with Crippen LogP contribution in [0.2, 0.25) is 0 Å². The van der Waals surface area contributed by atoms with E-state index >= 15 is 0 Å². The monoisotopic (exact) mass is 257 g/mol. The van der Waals surface area contributed by atoms with Crippen LogP contribution in [0.15, 0.2) is 36.4 Å². The molecule has 0 atom stereocenters. The summed E-state index contributed by atoms with van der Waals surface area (Å²) in [5, 5.41) is 17.4. The third-order valence-corrected chi connectivity index (χ3v) is 3.11. The molecule has 0 fully saturated rings. The number of hydrogen-bond acceptors (Lipinski definition) is 4. The Bertz CT molecular complexity index is 525. The van der Waals surface area contributed by atoms with Gasteiger partial charge in [-0.25, -0.2) is 0 Å². The van der Waals surface area contributed by atoms with E-state index < -0.39 is 0 Å². The summed E-state index contributed by atoms with van der Waals surface area (Å²) in [4.78, 5) is 1.99. The molecule has 0 spiro atoms. The van der Waals surface area contributed by atoms with Crippen molar-refractivity contribution in [1.82, 2.24) is 10.2 Å². The van der Waals surface area contributed by atoms with Gasteiger partial charge in [-0.2, -0.15) is 0 Å². The number of aromatic nitrogens is 2. The van der Waals surface area contributed by atoms with Crippen molar-refractivity contribution in [3.63, 3.8) is 0 Å². The lowest BCUT2D eigenvalue weighted by Gasteiger charge is -2.16. The number of aliphatic hydroxyl groups is 1. The average Bonchev–Trinajstić information content (AvgIpc) is 2.45. The van der Waals surface area contributed by atoms with Crippen LogP contribution < -0.4 is 4.90 Å². The molecule has 1 heterocycles. The maximum atomic E-state index is 8.82. The molecule has 0 radical (unpaired) electrons. The van der Waals surface area contributed by atoms with Gasteiger partial charge in [0.05, 0.1) is 5.69 Å². The Morgan fingerprint density at radius 1 is 1.11 bits per heavy atom. The normalized spacial score (nSPS) is 10.5. The molecule has 1 aromatic carbocycles. The van der Waals surface area contributed by atoms with Gasteiger partial charge in [-0.05, 0) is 31.0 Å². The lowest BCUT2D eigenvalue weighted by Crippen LogP contribution is -2.20. The third-order valence-electron chi connectivity index (χ3n) is 3.11. The molecule has 0 amide bonds. The summed E-state index contributed by atoms with van der Waals surface area (Å²) in [6, 6.07) is 12.1. The first-order valence-corrected chi connectivity index (χ1v) is 6.44. The van der Waals surface area contributed by atoms with E-state index in [4.69, 9.17) is 5.11 Å². The van der Waals surface area contributed by atoms with E-state index in [1.54, 1.807) is 0 Å². The molecule has 1 N–H and O–H groups in total. The predicted octanol–water partition coefficient (Wildman–Crippen LogP) is 2.27. The number of benzene rings is 1. The number of hydrogen-bond donors (Lipinski definition) is 1. The molecular formula is C15H19N3O. The molecule has 1 aromatic heterocycles. The Labute approximate surface area is 113 Å². The quantitative estimate of drug-likeness (QED) is 0.892. The molecule has 0 aliphatic heterocycles. The minimum absolute atomic E-state index is 0.194. The van der Waals surface area contributed by atoms with Crippen LogP contribution in [0.3, 0.4) is 0 Å². The summed E-state index contributed by atoms with van der Waals surface area (Å²) in [6.07, 6.45) is 0.734. The van der Waals surface area contributed by atoms with Crippen LogP contribution in [0.5, 0.6) is 0 Å². The zero-order valence-corrected chi connectivity index (χ0v) is 11.4. The molecule has 0 saturated heterocycles. The van der Waals surface area contributed by atoms with Gasteiger partial charge in [0.2, 0.25) is 0 Å². The Morgan fingerprint density at radius 3 is 2.53 bits per heavy atom. The second-order valence-corrected chi connectivity index (χ2v) is 4.59. The van der Waals surface area contributed by atoms with Crippen LogP contribution >= 0.6 is 0 Å². The number of aryl methyl sites for hydroxylation is 1. The summed E-state index contributed by atoms with van der Waals surface area (Å²) in [6.45, 7) is 3.03. The first kappa shape index (κ1) is 13.5. The zero-order chi connectivity index (χ0) is 13.7. The largest absolute Gasteiger partial charge is 0.396 e. The standard InChI is InChI=1S/C15H19N3O/c1-12-6-3-4-7-13(12)14-8-9-15(17-16-14)18(2)10-5-11-19/h3-4,6-9,19H,5,10-11H2,1-2H3. The van der Waals surface area contributed by atoms with Crippen molar-refractivity contribution >= 4 is 5.82 Å². The Balaban J connectivity index is 2.17. The lowest BCUT2D eigenvalue weighted by molar-refractivity contribution is 0.290. The molecular weight excluding hydrogens is 238 g/mol. The maximum Gasteiger partial charge on any atom is 0.151 e. The topological polar surface area (TPSA) is 49.2 Å². The molecule has 4 nitrogen and oxygen atoms in total. The third kappa shape index (κ3) is 3.29. The summed E-state index contributed by atoms with van der Waals surface area (Å²) in [5.41, 5.74) is 3.19. The molecule has 2 rings (SSSR count). The fourth-order valence-corrected chi connectivity index (χ4v) is 1.96. The second-order valence-electron chi connectivity index (χ2n) is 4.59. The zero-order valence-electron chi connectivity index (χ0n) is 11.4. The van der Waals surface area contributed by atoms with Crippen LogP contribution in [0.4, 0.5) is 5.82 Å². The molecule has 0 aliphatic rings. The van der Waals surface area contributed by atoms with Crippen molar-refractivity contribution in [2.24, 2.45) is 0 Å². The Morgan fingerprint density at radius 2 is 1.89 bits per heavy atom. The van der Waals surface area contributed by atoms with Crippen LogP contribution in [-0.4, -0.2) is 35.5 Å². The van der Waals surface area contributed by atoms with E-state index in [2.05, 4.69) is 29.3 Å². The van der Waals surface area contributed by atoms with E-state index in [1.807, 2.05) is 36.2 Å². The SMILES string of the molecule is Cc1ccccc1-c1ccc(N(C)CCCO)nn1. The molecule has 0 unspecified atom stereocenters. The van der Waals surface area contributed by atoms with E-state index in [9.17, 15) is 0 Å². The van der Waals surface area contributed by atoms with Gasteiger partial charge in [-0.15, -0.1) is 10.2 Å². The molecule has 100 valence electrons. The van der Waals surface area contributed by atoms with E-state index in [0.717, 1.165) is 30.0 Å². The molecule has 0 aliphatic carbocycles. The first-order valence-electron chi connectivity index (χ1n) is 6.44. The smallest absolute Gasteiger partial charge is 0.151 e. The molecule has 0 saturated carbocycles. The van der Waals surface area contributed by atoms with Crippen molar-refractivity contribution in [1.29, 1.82) is 0 Å². The highest BCUT2D eigenvalue weighted by molar-refractivity contribution is 5.63. The predicted molar refractivity (Wildman–Crippen MR) is 77.2 cm³/mol. The minimum atomic E-state index is 0.194. The number of nitrogens with zero attached hydrogens (tertiary/aromatic N) is 3. The van der Waals surface area contributed by atoms with Gasteiger partial charge in [0.25, 0.3) is 0 Å². The highest BCUT2D eigenvalue weighted by Crippen LogP contribution is 2.21. The van der Waals surface area contributed by atoms with Crippen LogP contribution in [0, 0.1) is 6.92 Å². The van der Waals surface area contributed by atoms with E-state index in [1.165, 1.54) is 5.56 Å². The van der Waals surface area contributed by atoms with Gasteiger partial charge < -0.3 is 10.0 Å². The molecule has 0 bridgehead atoms. The van der Waals surface area contributed by atoms with E-state index in [-0.39, 0.29) is 6.61 Å². The number of rotatable bonds is 5. The highest BCUT2D eigenvalue weighted by Gasteiger charge is 2.06. The van der Waals surface area contributed by atoms with Gasteiger partial charge >= 0.3 is 0 Å². The van der Waals surface area contributed by atoms with Crippen LogP contribution in [-0.2, 0) is 0 Å². The second kappa shape index (κ2) is 6.29. The van der Waals surface area contributed by atoms with Crippen molar-refractivity contribution in [3.05, 3.63) is 42.0 Å². The minimum Gasteiger partial charge on any atom is -0.396 e. The van der Waals surface area contributed by atoms with Gasteiger partial charge in [-0.3, -0.25) is 0 Å². The van der Waals surface area contributed by atoms with Crippen molar-refractivity contribution < 1.29 is 5.11 Å². The summed E-state index contributed by atoms with van der Waals surface area (Å²) in [7, 11) is 1.95. The molecule has 19 heavy (non-hydrogen) atoms. The fraction of sp³-hybridized carbons (Fsp3) is 0.333. The number of anilines is 1. The Kier molecular flexibility index (Phi) is 4.47. The van der Waals surface area contributed by atoms with Gasteiger partial charge in [0.15, 0.2) is 5.82 Å². The molecule has 2 aromatic rings. The van der Waals surface area contributed by atoms with Crippen LogP contribution in [0.1, 0.15) is 12.0 Å². The van der Waals surface area contributed by atoms with Crippen molar-refractivity contribution in [3.8, 4) is 11.3 Å². The molecule has 4 heteroatoms. The van der Waals surface area contributed by atoms with Crippen LogP contribution in [0.25, 0.3) is 11.3 Å². The van der Waals surface area contributed by atoms with Gasteiger partial charge in [0.1, 0.15) is 0 Å². The van der Waals surface area contributed by atoms with Crippen molar-refractivity contribution in [2.75, 3.05) is 25.1 Å². The fourth-order valence-electron chi connectivity index (χ4n) is 1.96. The van der Waals surface area contributed by atoms with Crippen molar-refractivity contribution in [2.45, 2.75) is 13.3 Å². The highest BCUT2D eigenvalue weighted by atomic mass is 16.3. The average molecular weight is 257 g/mol. The summed E-state index contributed by atoms with van der Waals surface area (Å²) >= 11 is 0. The summed E-state index contributed by atoms with van der Waals surface area (Å²) < 4.78 is 0. The maximum absolute atomic E-state index is 8.82. The van der Waals surface area contributed by atoms with Gasteiger partial charge in [0, 0.05) is 25.8 Å². The van der Waals surface area contributed by atoms with E-state index in [0.29, 0.717) is 0 Å². The van der Waals surface area contributed by atoms with Gasteiger partial charge in [-0.1, -0.05) is 24.3 Å². The Hall–Kier alpha value is -1.94. The number of aliphatic hydroxyl groups excluding tert-OH is 1. The first-order chi connectivity index (χ1) is 9.22.